The van der Waals surface area contributed by atoms with Gasteiger partial charge in [0.05, 0.1) is 11.5 Å². The molecule has 4 rings (SSSR count). The molecule has 0 saturated carbocycles. The van der Waals surface area contributed by atoms with Gasteiger partial charge in [0.15, 0.2) is 11.5 Å². The van der Waals surface area contributed by atoms with Crippen LogP contribution in [-0.4, -0.2) is 21.2 Å². The molecule has 1 atom stereocenters. The van der Waals surface area contributed by atoms with E-state index >= 15 is 0 Å². The molecule has 0 aliphatic heterocycles. The summed E-state index contributed by atoms with van der Waals surface area (Å²) in [5.41, 5.74) is 3.42. The van der Waals surface area contributed by atoms with Crippen molar-refractivity contribution in [3.05, 3.63) is 53.3 Å². The summed E-state index contributed by atoms with van der Waals surface area (Å²) in [5, 5.41) is 8.00. The molecular formula is C18H16N2O3S. The van der Waals surface area contributed by atoms with Crippen molar-refractivity contribution in [3.63, 3.8) is 0 Å². The lowest BCUT2D eigenvalue weighted by Gasteiger charge is -2.09. The van der Waals surface area contributed by atoms with Crippen molar-refractivity contribution in [2.75, 3.05) is 0 Å². The minimum Gasteiger partial charge on any atom is -0.459 e. The molecule has 0 radical (unpaired) electrons. The quantitative estimate of drug-likeness (QED) is 0.512. The summed E-state index contributed by atoms with van der Waals surface area (Å²) in [4.78, 5) is 12.7. The Morgan fingerprint density at radius 1 is 1.21 bits per heavy atom. The standard InChI is InChI=1S/C18H16N2O3S/c1-11(16(21)14-8-7-12-4-2-5-13(12)10-14)24-18-20-19-17(23-18)15-6-3-9-22-15/h3,6-11H,2,4-5H2,1H3/t11-/m0/s1. The van der Waals surface area contributed by atoms with Crippen molar-refractivity contribution in [3.8, 4) is 11.7 Å². The number of hydrogen-bond donors (Lipinski definition) is 0. The number of benzene rings is 1. The van der Waals surface area contributed by atoms with Crippen LogP contribution in [0.4, 0.5) is 0 Å². The molecular weight excluding hydrogens is 324 g/mol. The summed E-state index contributed by atoms with van der Waals surface area (Å²) >= 11 is 1.27. The van der Waals surface area contributed by atoms with Crippen LogP contribution in [0, 0.1) is 0 Å². The Morgan fingerprint density at radius 2 is 2.08 bits per heavy atom. The van der Waals surface area contributed by atoms with E-state index in [2.05, 4.69) is 16.3 Å². The molecule has 3 aromatic rings. The lowest BCUT2D eigenvalue weighted by Crippen LogP contribution is -2.13. The van der Waals surface area contributed by atoms with E-state index in [-0.39, 0.29) is 11.0 Å². The topological polar surface area (TPSA) is 69.1 Å². The number of furan rings is 1. The summed E-state index contributed by atoms with van der Waals surface area (Å²) in [7, 11) is 0. The van der Waals surface area contributed by atoms with E-state index in [4.69, 9.17) is 8.83 Å². The highest BCUT2D eigenvalue weighted by molar-refractivity contribution is 8.00. The van der Waals surface area contributed by atoms with Gasteiger partial charge in [0, 0.05) is 5.56 Å². The fraction of sp³-hybridized carbons (Fsp3) is 0.278. The van der Waals surface area contributed by atoms with Gasteiger partial charge in [0.1, 0.15) is 0 Å². The van der Waals surface area contributed by atoms with Crippen molar-refractivity contribution in [1.82, 2.24) is 10.2 Å². The third-order valence-corrected chi connectivity index (χ3v) is 5.10. The zero-order valence-electron chi connectivity index (χ0n) is 13.2. The van der Waals surface area contributed by atoms with Crippen LogP contribution in [-0.2, 0) is 12.8 Å². The van der Waals surface area contributed by atoms with Gasteiger partial charge in [-0.25, -0.2) is 0 Å². The van der Waals surface area contributed by atoms with E-state index < -0.39 is 0 Å². The molecule has 0 saturated heterocycles. The molecule has 2 heterocycles. The van der Waals surface area contributed by atoms with Crippen LogP contribution in [0.2, 0.25) is 0 Å². The van der Waals surface area contributed by atoms with Crippen LogP contribution in [0.5, 0.6) is 0 Å². The van der Waals surface area contributed by atoms with Crippen LogP contribution in [0.25, 0.3) is 11.7 Å². The van der Waals surface area contributed by atoms with E-state index in [1.807, 2.05) is 19.1 Å². The summed E-state index contributed by atoms with van der Waals surface area (Å²) in [6.45, 7) is 1.86. The normalized spacial score (nSPS) is 14.5. The summed E-state index contributed by atoms with van der Waals surface area (Å²) < 4.78 is 10.8. The predicted molar refractivity (Wildman–Crippen MR) is 90.1 cm³/mol. The van der Waals surface area contributed by atoms with Crippen LogP contribution in [0.15, 0.2) is 50.7 Å². The van der Waals surface area contributed by atoms with E-state index in [9.17, 15) is 4.79 Å². The first-order valence-corrected chi connectivity index (χ1v) is 8.79. The zero-order valence-corrected chi connectivity index (χ0v) is 14.0. The number of ketones is 1. The van der Waals surface area contributed by atoms with E-state index in [0.717, 1.165) is 18.4 Å². The van der Waals surface area contributed by atoms with Crippen molar-refractivity contribution < 1.29 is 13.6 Å². The molecule has 1 aromatic carbocycles. The van der Waals surface area contributed by atoms with Gasteiger partial charge >= 0.3 is 0 Å². The Hall–Kier alpha value is -2.34. The second kappa shape index (κ2) is 6.28. The van der Waals surface area contributed by atoms with Gasteiger partial charge < -0.3 is 8.83 Å². The maximum atomic E-state index is 12.7. The lowest BCUT2D eigenvalue weighted by atomic mass is 10.0. The highest BCUT2D eigenvalue weighted by Crippen LogP contribution is 2.29. The number of aromatic nitrogens is 2. The van der Waals surface area contributed by atoms with Crippen molar-refractivity contribution in [2.24, 2.45) is 0 Å². The monoisotopic (exact) mass is 340 g/mol. The Kier molecular flexibility index (Phi) is 3.98. The number of carbonyl (C=O) groups excluding carboxylic acids is 1. The molecule has 5 nitrogen and oxygen atoms in total. The molecule has 0 N–H and O–H groups in total. The third kappa shape index (κ3) is 2.89. The molecule has 0 fully saturated rings. The van der Waals surface area contributed by atoms with Gasteiger partial charge in [-0.1, -0.05) is 23.9 Å². The highest BCUT2D eigenvalue weighted by Gasteiger charge is 2.22. The Bertz CT molecular complexity index is 870. The second-order valence-corrected chi connectivity index (χ2v) is 7.10. The average molecular weight is 340 g/mol. The number of hydrogen-bond acceptors (Lipinski definition) is 6. The Morgan fingerprint density at radius 3 is 2.92 bits per heavy atom. The first-order chi connectivity index (χ1) is 11.7. The van der Waals surface area contributed by atoms with Crippen LogP contribution in [0.3, 0.4) is 0 Å². The number of carbonyl (C=O) groups is 1. The number of nitrogens with zero attached hydrogens (tertiary/aromatic N) is 2. The second-order valence-electron chi connectivity index (χ2n) is 5.81. The summed E-state index contributed by atoms with van der Waals surface area (Å²) in [6, 6.07) is 9.54. The largest absolute Gasteiger partial charge is 0.459 e. The van der Waals surface area contributed by atoms with Gasteiger partial charge in [0.25, 0.3) is 11.1 Å². The molecule has 0 unspecified atom stereocenters. The lowest BCUT2D eigenvalue weighted by molar-refractivity contribution is 0.0993. The van der Waals surface area contributed by atoms with Crippen molar-refractivity contribution >= 4 is 17.5 Å². The molecule has 2 aromatic heterocycles. The first-order valence-electron chi connectivity index (χ1n) is 7.91. The van der Waals surface area contributed by atoms with Gasteiger partial charge in [0.2, 0.25) is 0 Å². The molecule has 24 heavy (non-hydrogen) atoms. The molecule has 0 spiro atoms. The van der Waals surface area contributed by atoms with Gasteiger partial charge in [-0.2, -0.15) is 0 Å². The fourth-order valence-electron chi connectivity index (χ4n) is 2.92. The Labute approximate surface area is 143 Å². The maximum Gasteiger partial charge on any atom is 0.284 e. The molecule has 1 aliphatic rings. The molecule has 122 valence electrons. The van der Waals surface area contributed by atoms with Gasteiger partial charge in [-0.15, -0.1) is 10.2 Å². The Balaban J connectivity index is 1.48. The summed E-state index contributed by atoms with van der Waals surface area (Å²) in [5.74, 6) is 0.916. The predicted octanol–water partition coefficient (Wildman–Crippen LogP) is 4.18. The number of Topliss-reactive ketones (excluding diaryl/α,β-unsaturated/α-hetero) is 1. The minimum absolute atomic E-state index is 0.0763. The van der Waals surface area contributed by atoms with Gasteiger partial charge in [-0.3, -0.25) is 4.79 Å². The smallest absolute Gasteiger partial charge is 0.284 e. The van der Waals surface area contributed by atoms with E-state index in [0.29, 0.717) is 16.9 Å². The fourth-order valence-corrected chi connectivity index (χ4v) is 3.68. The van der Waals surface area contributed by atoms with Crippen LogP contribution in [0.1, 0.15) is 34.8 Å². The third-order valence-electron chi connectivity index (χ3n) is 4.17. The summed E-state index contributed by atoms with van der Waals surface area (Å²) in [6.07, 6.45) is 4.90. The number of thioether (sulfide) groups is 1. The number of fused-ring (bicyclic) bond motifs is 1. The van der Waals surface area contributed by atoms with Gasteiger partial charge in [-0.05, 0) is 55.5 Å². The molecule has 0 amide bonds. The first kappa shape index (κ1) is 15.2. The van der Waals surface area contributed by atoms with Crippen molar-refractivity contribution in [2.45, 2.75) is 36.7 Å². The SMILES string of the molecule is C[C@H](Sc1nnc(-c2ccco2)o1)C(=O)c1ccc2c(c1)CCC2. The number of aryl methyl sites for hydroxylation is 2. The van der Waals surface area contributed by atoms with E-state index in [1.54, 1.807) is 18.4 Å². The average Bonchev–Trinajstić information content (AvgIpc) is 3.33. The number of rotatable bonds is 5. The zero-order chi connectivity index (χ0) is 16.5. The highest BCUT2D eigenvalue weighted by atomic mass is 32.2. The maximum absolute atomic E-state index is 12.7. The van der Waals surface area contributed by atoms with Crippen LogP contribution >= 0.6 is 11.8 Å². The molecule has 1 aliphatic carbocycles. The molecule has 6 heteroatoms. The van der Waals surface area contributed by atoms with Crippen molar-refractivity contribution in [1.29, 1.82) is 0 Å². The van der Waals surface area contributed by atoms with E-state index in [1.165, 1.54) is 29.3 Å². The molecule has 0 bridgehead atoms. The van der Waals surface area contributed by atoms with Crippen LogP contribution < -0.4 is 0 Å². The minimum atomic E-state index is -0.297.